The van der Waals surface area contributed by atoms with Crippen molar-refractivity contribution in [3.05, 3.63) is 65.7 Å². The van der Waals surface area contributed by atoms with Crippen LogP contribution in [0.5, 0.6) is 0 Å². The predicted octanol–water partition coefficient (Wildman–Crippen LogP) is 1.23. The van der Waals surface area contributed by atoms with Gasteiger partial charge in [0.2, 0.25) is 5.91 Å². The average molecular weight is 359 g/mol. The first-order chi connectivity index (χ1) is 12.4. The smallest absolute Gasteiger partial charge is 0.251 e. The molecular weight excluding hydrogens is 344 g/mol. The summed E-state index contributed by atoms with van der Waals surface area (Å²) in [6.07, 6.45) is 0. The molecule has 2 aromatic rings. The summed E-state index contributed by atoms with van der Waals surface area (Å²) in [5.41, 5.74) is 0.640. The van der Waals surface area contributed by atoms with E-state index in [4.69, 9.17) is 0 Å². The Bertz CT molecular complexity index is 855. The van der Waals surface area contributed by atoms with E-state index in [2.05, 4.69) is 10.6 Å². The van der Waals surface area contributed by atoms with Gasteiger partial charge in [0.15, 0.2) is 0 Å². The van der Waals surface area contributed by atoms with Crippen molar-refractivity contribution in [1.29, 1.82) is 0 Å². The molecule has 3 amide bonds. The predicted molar refractivity (Wildman–Crippen MR) is 89.4 cm³/mol. The summed E-state index contributed by atoms with van der Waals surface area (Å²) in [6.45, 7) is -0.0796. The van der Waals surface area contributed by atoms with Gasteiger partial charge in [0.25, 0.3) is 11.8 Å². The number of nitrogens with one attached hydrogen (secondary N) is 2. The molecule has 1 heterocycles. The molecule has 0 aliphatic carbocycles. The number of carbonyl (C=O) groups excluding carboxylic acids is 3. The maximum Gasteiger partial charge on any atom is 0.251 e. The van der Waals surface area contributed by atoms with E-state index < -0.39 is 29.5 Å². The zero-order valence-electron chi connectivity index (χ0n) is 13.5. The number of β-lactam (4-membered cyclic amide) rings is 1. The van der Waals surface area contributed by atoms with Crippen LogP contribution in [-0.2, 0) is 9.59 Å². The van der Waals surface area contributed by atoms with E-state index in [1.54, 1.807) is 0 Å². The molecule has 1 unspecified atom stereocenters. The Labute approximate surface area is 147 Å². The van der Waals surface area contributed by atoms with Crippen LogP contribution < -0.4 is 15.5 Å². The molecule has 0 spiro atoms. The van der Waals surface area contributed by atoms with E-state index >= 15 is 0 Å². The van der Waals surface area contributed by atoms with Crippen LogP contribution in [0.25, 0.3) is 0 Å². The van der Waals surface area contributed by atoms with Crippen LogP contribution >= 0.6 is 0 Å². The number of hydrogen-bond acceptors (Lipinski definition) is 3. The molecular formula is C18H15F2N3O3. The molecule has 2 aromatic carbocycles. The van der Waals surface area contributed by atoms with E-state index in [1.807, 2.05) is 0 Å². The van der Waals surface area contributed by atoms with Gasteiger partial charge in [0.1, 0.15) is 17.7 Å². The summed E-state index contributed by atoms with van der Waals surface area (Å²) in [4.78, 5) is 37.2. The third-order valence-corrected chi connectivity index (χ3v) is 3.90. The third kappa shape index (κ3) is 3.85. The molecule has 0 aromatic heterocycles. The lowest BCUT2D eigenvalue weighted by molar-refractivity contribution is -0.130. The first kappa shape index (κ1) is 17.5. The maximum atomic E-state index is 13.1. The molecule has 1 atom stereocenters. The van der Waals surface area contributed by atoms with Gasteiger partial charge in [0, 0.05) is 11.3 Å². The van der Waals surface area contributed by atoms with Crippen LogP contribution in [0.4, 0.5) is 14.5 Å². The highest BCUT2D eigenvalue weighted by Gasteiger charge is 2.38. The summed E-state index contributed by atoms with van der Waals surface area (Å²) in [7, 11) is 0. The van der Waals surface area contributed by atoms with Crippen molar-refractivity contribution in [1.82, 2.24) is 10.6 Å². The molecule has 6 nitrogen and oxygen atoms in total. The van der Waals surface area contributed by atoms with Crippen molar-refractivity contribution in [3.8, 4) is 0 Å². The Morgan fingerprint density at radius 1 is 1.08 bits per heavy atom. The molecule has 0 radical (unpaired) electrons. The highest BCUT2D eigenvalue weighted by Crippen LogP contribution is 2.22. The minimum atomic E-state index is -0.696. The van der Waals surface area contributed by atoms with Gasteiger partial charge in [-0.25, -0.2) is 8.78 Å². The fraction of sp³-hybridized carbons (Fsp3) is 0.167. The van der Waals surface area contributed by atoms with Gasteiger partial charge in [0.05, 0.1) is 13.1 Å². The normalized spacial score (nSPS) is 16.0. The second-order valence-corrected chi connectivity index (χ2v) is 5.74. The molecule has 1 fully saturated rings. The molecule has 1 aliphatic heterocycles. The minimum Gasteiger partial charge on any atom is -0.343 e. The Hall–Kier alpha value is -3.29. The number of benzene rings is 2. The minimum absolute atomic E-state index is 0.0972. The summed E-state index contributed by atoms with van der Waals surface area (Å²) in [6, 6.07) is 9.83. The Balaban J connectivity index is 1.46. The van der Waals surface area contributed by atoms with Gasteiger partial charge in [-0.15, -0.1) is 0 Å². The van der Waals surface area contributed by atoms with Gasteiger partial charge >= 0.3 is 0 Å². The number of rotatable bonds is 5. The number of halogens is 2. The number of amides is 3. The Morgan fingerprint density at radius 2 is 1.81 bits per heavy atom. The molecule has 1 aliphatic rings. The van der Waals surface area contributed by atoms with E-state index in [-0.39, 0.29) is 24.6 Å². The second kappa shape index (κ2) is 7.30. The highest BCUT2D eigenvalue weighted by molar-refractivity contribution is 6.06. The van der Waals surface area contributed by atoms with Crippen LogP contribution in [0, 0.1) is 11.6 Å². The summed E-state index contributed by atoms with van der Waals surface area (Å²) >= 11 is 0. The van der Waals surface area contributed by atoms with Crippen LogP contribution in [0.1, 0.15) is 10.4 Å². The lowest BCUT2D eigenvalue weighted by Gasteiger charge is -2.38. The van der Waals surface area contributed by atoms with E-state index in [9.17, 15) is 23.2 Å². The zero-order chi connectivity index (χ0) is 18.7. The van der Waals surface area contributed by atoms with Crippen molar-refractivity contribution in [2.24, 2.45) is 0 Å². The number of hydrogen-bond donors (Lipinski definition) is 2. The lowest BCUT2D eigenvalue weighted by atomic mass is 10.1. The number of carbonyl (C=O) groups is 3. The van der Waals surface area contributed by atoms with Gasteiger partial charge in [-0.2, -0.15) is 0 Å². The van der Waals surface area contributed by atoms with E-state index in [1.165, 1.54) is 47.4 Å². The second-order valence-electron chi connectivity index (χ2n) is 5.74. The highest BCUT2D eigenvalue weighted by atomic mass is 19.1. The molecule has 26 heavy (non-hydrogen) atoms. The van der Waals surface area contributed by atoms with Crippen molar-refractivity contribution in [3.63, 3.8) is 0 Å². The summed E-state index contributed by atoms with van der Waals surface area (Å²) in [5, 5.41) is 4.86. The van der Waals surface area contributed by atoms with Crippen molar-refractivity contribution < 1.29 is 23.2 Å². The van der Waals surface area contributed by atoms with Gasteiger partial charge in [-0.3, -0.25) is 14.4 Å². The molecule has 2 N–H and O–H groups in total. The molecule has 0 saturated carbocycles. The SMILES string of the molecule is O=C(CNC(=O)c1cccc(F)c1)NC1CN(c2ccc(F)cc2)C1=O. The maximum absolute atomic E-state index is 13.1. The van der Waals surface area contributed by atoms with Gasteiger partial charge in [-0.1, -0.05) is 6.07 Å². The molecule has 0 bridgehead atoms. The fourth-order valence-electron chi connectivity index (χ4n) is 2.53. The first-order valence-corrected chi connectivity index (χ1v) is 7.84. The zero-order valence-corrected chi connectivity index (χ0v) is 13.5. The molecule has 3 rings (SSSR count). The van der Waals surface area contributed by atoms with Crippen LogP contribution in [0.3, 0.4) is 0 Å². The summed E-state index contributed by atoms with van der Waals surface area (Å²) in [5.74, 6) is -2.40. The first-order valence-electron chi connectivity index (χ1n) is 7.84. The lowest BCUT2D eigenvalue weighted by Crippen LogP contribution is -2.65. The fourth-order valence-corrected chi connectivity index (χ4v) is 2.53. The number of anilines is 1. The van der Waals surface area contributed by atoms with Crippen LogP contribution in [0.2, 0.25) is 0 Å². The Morgan fingerprint density at radius 3 is 2.46 bits per heavy atom. The monoisotopic (exact) mass is 359 g/mol. The number of nitrogens with zero attached hydrogens (tertiary/aromatic N) is 1. The molecule has 1 saturated heterocycles. The van der Waals surface area contributed by atoms with E-state index in [0.717, 1.165) is 6.07 Å². The van der Waals surface area contributed by atoms with Crippen LogP contribution in [0.15, 0.2) is 48.5 Å². The standard InChI is InChI=1S/C18H15F2N3O3/c19-12-4-6-14(7-5-12)23-10-15(18(23)26)22-16(24)9-21-17(25)11-2-1-3-13(20)8-11/h1-8,15H,9-10H2,(H,21,25)(H,22,24). The average Bonchev–Trinajstić information content (AvgIpc) is 2.63. The van der Waals surface area contributed by atoms with Crippen molar-refractivity contribution >= 4 is 23.4 Å². The quantitative estimate of drug-likeness (QED) is 0.788. The third-order valence-electron chi connectivity index (χ3n) is 3.90. The van der Waals surface area contributed by atoms with E-state index in [0.29, 0.717) is 5.69 Å². The van der Waals surface area contributed by atoms with Crippen molar-refractivity contribution in [2.75, 3.05) is 18.0 Å². The topological polar surface area (TPSA) is 78.5 Å². The summed E-state index contributed by atoms with van der Waals surface area (Å²) < 4.78 is 26.0. The Kier molecular flexibility index (Phi) is 4.92. The van der Waals surface area contributed by atoms with Gasteiger partial charge < -0.3 is 15.5 Å². The molecule has 8 heteroatoms. The van der Waals surface area contributed by atoms with Gasteiger partial charge in [-0.05, 0) is 42.5 Å². The van der Waals surface area contributed by atoms with Crippen LogP contribution in [-0.4, -0.2) is 36.9 Å². The largest absolute Gasteiger partial charge is 0.343 e. The molecule has 134 valence electrons. The van der Waals surface area contributed by atoms with Crippen molar-refractivity contribution in [2.45, 2.75) is 6.04 Å².